The van der Waals surface area contributed by atoms with Crippen LogP contribution >= 0.6 is 0 Å². The van der Waals surface area contributed by atoms with Crippen LogP contribution in [0.15, 0.2) is 54.7 Å². The summed E-state index contributed by atoms with van der Waals surface area (Å²) < 4.78 is 26.0. The molecule has 9 heteroatoms. The highest BCUT2D eigenvalue weighted by Gasteiger charge is 2.09. The Labute approximate surface area is 153 Å². The summed E-state index contributed by atoms with van der Waals surface area (Å²) in [6, 6.07) is 11.9. The maximum atomic E-state index is 13.1. The lowest BCUT2D eigenvalue weighted by molar-refractivity contribution is 0.0954. The zero-order valence-corrected chi connectivity index (χ0v) is 14.1. The molecule has 1 amide bonds. The Morgan fingerprint density at radius 1 is 0.889 bits per heavy atom. The normalized spacial score (nSPS) is 10.3. The number of aromatic nitrogens is 3. The zero-order chi connectivity index (χ0) is 19.1. The number of nitrogens with one attached hydrogen (secondary N) is 3. The Hall–Kier alpha value is -3.62. The number of nitrogens with zero attached hydrogens (tertiary/aromatic N) is 3. The first-order valence-electron chi connectivity index (χ1n) is 8.11. The summed E-state index contributed by atoms with van der Waals surface area (Å²) in [5.74, 6) is -0.804. The molecule has 3 aromatic rings. The first-order chi connectivity index (χ1) is 13.1. The molecule has 0 aliphatic heterocycles. The molecular formula is C18H16F2N6O. The number of halogens is 2. The van der Waals surface area contributed by atoms with Crippen molar-refractivity contribution in [3.63, 3.8) is 0 Å². The number of benzene rings is 1. The highest BCUT2D eigenvalue weighted by Crippen LogP contribution is 2.11. The Bertz CT molecular complexity index is 905. The quantitative estimate of drug-likeness (QED) is 0.554. The van der Waals surface area contributed by atoms with E-state index >= 15 is 0 Å². The minimum Gasteiger partial charge on any atom is -0.367 e. The van der Waals surface area contributed by atoms with Gasteiger partial charge in [0.15, 0.2) is 17.5 Å². The van der Waals surface area contributed by atoms with Gasteiger partial charge in [-0.15, -0.1) is 10.2 Å². The Morgan fingerprint density at radius 2 is 1.70 bits per heavy atom. The molecule has 2 aromatic heterocycles. The number of amides is 1. The lowest BCUT2D eigenvalue weighted by Crippen LogP contribution is -2.29. The third kappa shape index (κ3) is 5.18. The summed E-state index contributed by atoms with van der Waals surface area (Å²) in [6.07, 6.45) is 1.67. The van der Waals surface area contributed by atoms with Gasteiger partial charge in [-0.2, -0.15) is 0 Å². The Kier molecular flexibility index (Phi) is 5.83. The molecular weight excluding hydrogens is 354 g/mol. The van der Waals surface area contributed by atoms with Crippen molar-refractivity contribution >= 4 is 23.4 Å². The van der Waals surface area contributed by atoms with E-state index in [2.05, 4.69) is 31.1 Å². The first kappa shape index (κ1) is 18.2. The second-order valence-electron chi connectivity index (χ2n) is 5.46. The fraction of sp³-hybridized carbons (Fsp3) is 0.111. The average molecular weight is 370 g/mol. The number of anilines is 3. The van der Waals surface area contributed by atoms with Crippen molar-refractivity contribution in [1.29, 1.82) is 0 Å². The SMILES string of the molecule is O=C(NCCNc1ccc(Nc2ccccn2)nn1)c1ccc(F)c(F)c1. The van der Waals surface area contributed by atoms with E-state index in [0.29, 0.717) is 24.0 Å². The number of carbonyl (C=O) groups excluding carboxylic acids is 1. The number of carbonyl (C=O) groups is 1. The molecule has 0 atom stereocenters. The molecule has 0 radical (unpaired) electrons. The highest BCUT2D eigenvalue weighted by atomic mass is 19.2. The van der Waals surface area contributed by atoms with Gasteiger partial charge in [0, 0.05) is 24.8 Å². The maximum absolute atomic E-state index is 13.1. The van der Waals surface area contributed by atoms with Crippen LogP contribution in [0.2, 0.25) is 0 Å². The molecule has 138 valence electrons. The van der Waals surface area contributed by atoms with Crippen molar-refractivity contribution in [2.75, 3.05) is 23.7 Å². The molecule has 2 heterocycles. The van der Waals surface area contributed by atoms with Gasteiger partial charge in [0.05, 0.1) is 0 Å². The smallest absolute Gasteiger partial charge is 0.251 e. The Morgan fingerprint density at radius 3 is 2.41 bits per heavy atom. The van der Waals surface area contributed by atoms with Gasteiger partial charge in [-0.05, 0) is 42.5 Å². The van der Waals surface area contributed by atoms with Gasteiger partial charge in [0.2, 0.25) is 0 Å². The summed E-state index contributed by atoms with van der Waals surface area (Å²) in [5, 5.41) is 16.7. The van der Waals surface area contributed by atoms with Crippen LogP contribution in [-0.4, -0.2) is 34.2 Å². The molecule has 0 unspecified atom stereocenters. The van der Waals surface area contributed by atoms with E-state index < -0.39 is 17.5 Å². The van der Waals surface area contributed by atoms with Gasteiger partial charge in [0.25, 0.3) is 5.91 Å². The van der Waals surface area contributed by atoms with Crippen LogP contribution in [0.25, 0.3) is 0 Å². The number of hydrogen-bond donors (Lipinski definition) is 3. The fourth-order valence-corrected chi connectivity index (χ4v) is 2.17. The molecule has 0 aliphatic carbocycles. The van der Waals surface area contributed by atoms with Crippen LogP contribution in [0.3, 0.4) is 0 Å². The molecule has 0 saturated carbocycles. The van der Waals surface area contributed by atoms with Gasteiger partial charge in [-0.1, -0.05) is 6.07 Å². The van der Waals surface area contributed by atoms with Gasteiger partial charge < -0.3 is 16.0 Å². The minimum absolute atomic E-state index is 0.0543. The highest BCUT2D eigenvalue weighted by molar-refractivity contribution is 5.94. The summed E-state index contributed by atoms with van der Waals surface area (Å²) in [6.45, 7) is 0.657. The topological polar surface area (TPSA) is 91.8 Å². The molecule has 0 spiro atoms. The molecule has 3 N–H and O–H groups in total. The third-order valence-electron chi connectivity index (χ3n) is 3.48. The van der Waals surface area contributed by atoms with E-state index in [1.54, 1.807) is 18.3 Å². The van der Waals surface area contributed by atoms with Crippen molar-refractivity contribution in [3.05, 3.63) is 71.9 Å². The predicted molar refractivity (Wildman–Crippen MR) is 96.7 cm³/mol. The van der Waals surface area contributed by atoms with Crippen molar-refractivity contribution in [1.82, 2.24) is 20.5 Å². The average Bonchev–Trinajstić information content (AvgIpc) is 2.69. The second-order valence-corrected chi connectivity index (χ2v) is 5.46. The largest absolute Gasteiger partial charge is 0.367 e. The monoisotopic (exact) mass is 370 g/mol. The third-order valence-corrected chi connectivity index (χ3v) is 3.48. The van der Waals surface area contributed by atoms with E-state index in [4.69, 9.17) is 0 Å². The Balaban J connectivity index is 1.43. The van der Waals surface area contributed by atoms with Crippen LogP contribution in [0.5, 0.6) is 0 Å². The fourth-order valence-electron chi connectivity index (χ4n) is 2.17. The summed E-state index contributed by atoms with van der Waals surface area (Å²) in [5.41, 5.74) is 0.0543. The number of hydrogen-bond acceptors (Lipinski definition) is 6. The molecule has 3 rings (SSSR count). The number of pyridine rings is 1. The van der Waals surface area contributed by atoms with Crippen LogP contribution in [0, 0.1) is 11.6 Å². The summed E-state index contributed by atoms with van der Waals surface area (Å²) in [4.78, 5) is 16.0. The minimum atomic E-state index is -1.06. The van der Waals surface area contributed by atoms with Crippen molar-refractivity contribution in [2.24, 2.45) is 0 Å². The first-order valence-corrected chi connectivity index (χ1v) is 8.11. The molecule has 0 saturated heterocycles. The van der Waals surface area contributed by atoms with E-state index in [0.717, 1.165) is 12.1 Å². The van der Waals surface area contributed by atoms with E-state index in [9.17, 15) is 13.6 Å². The summed E-state index contributed by atoms with van der Waals surface area (Å²) in [7, 11) is 0. The molecule has 0 bridgehead atoms. The maximum Gasteiger partial charge on any atom is 0.251 e. The van der Waals surface area contributed by atoms with E-state index in [-0.39, 0.29) is 12.1 Å². The predicted octanol–water partition coefficient (Wildman–Crippen LogP) is 2.74. The molecule has 27 heavy (non-hydrogen) atoms. The lowest BCUT2D eigenvalue weighted by atomic mass is 10.2. The van der Waals surface area contributed by atoms with Crippen LogP contribution in [0.4, 0.5) is 26.2 Å². The van der Waals surface area contributed by atoms with Gasteiger partial charge in [-0.3, -0.25) is 4.79 Å². The molecule has 0 fully saturated rings. The van der Waals surface area contributed by atoms with Gasteiger partial charge in [0.1, 0.15) is 11.6 Å². The van der Waals surface area contributed by atoms with Crippen molar-refractivity contribution in [3.8, 4) is 0 Å². The molecule has 7 nitrogen and oxygen atoms in total. The van der Waals surface area contributed by atoms with Crippen LogP contribution in [0.1, 0.15) is 10.4 Å². The number of rotatable bonds is 7. The summed E-state index contributed by atoms with van der Waals surface area (Å²) >= 11 is 0. The van der Waals surface area contributed by atoms with Gasteiger partial charge in [-0.25, -0.2) is 13.8 Å². The van der Waals surface area contributed by atoms with Gasteiger partial charge >= 0.3 is 0 Å². The van der Waals surface area contributed by atoms with Crippen LogP contribution in [-0.2, 0) is 0 Å². The van der Waals surface area contributed by atoms with Crippen molar-refractivity contribution in [2.45, 2.75) is 0 Å². The van der Waals surface area contributed by atoms with E-state index in [1.165, 1.54) is 6.07 Å². The lowest BCUT2D eigenvalue weighted by Gasteiger charge is -2.08. The molecule has 1 aromatic carbocycles. The molecule has 0 aliphatic rings. The second kappa shape index (κ2) is 8.65. The zero-order valence-electron chi connectivity index (χ0n) is 14.1. The van der Waals surface area contributed by atoms with Crippen LogP contribution < -0.4 is 16.0 Å². The van der Waals surface area contributed by atoms with E-state index in [1.807, 2.05) is 18.2 Å². The standard InChI is InChI=1S/C18H16F2N6O/c19-13-5-4-12(11-14(13)20)18(27)23-10-9-22-16-6-7-17(26-25-16)24-15-3-1-2-8-21-15/h1-8,11H,9-10H2,(H,22,25)(H,23,27)(H,21,24,26). The van der Waals surface area contributed by atoms with Crippen molar-refractivity contribution < 1.29 is 13.6 Å².